The molecule has 16 heavy (non-hydrogen) atoms. The van der Waals surface area contributed by atoms with Gasteiger partial charge in [0.15, 0.2) is 0 Å². The van der Waals surface area contributed by atoms with Crippen LogP contribution in [0.3, 0.4) is 0 Å². The van der Waals surface area contributed by atoms with Crippen LogP contribution in [-0.4, -0.2) is 6.18 Å². The molecular formula is C11H13ClF3N. The van der Waals surface area contributed by atoms with Gasteiger partial charge in [0.05, 0.1) is 0 Å². The lowest BCUT2D eigenvalue weighted by Crippen LogP contribution is -2.16. The standard InChI is InChI=1S/C11H13ClF3N/c1-7-6-8(12)2-3-9(7)10(16)4-5-11(13,14)15/h2-3,6,10H,4-5,16H2,1H3. The van der Waals surface area contributed by atoms with E-state index in [9.17, 15) is 13.2 Å². The minimum Gasteiger partial charge on any atom is -0.324 e. The molecule has 1 nitrogen and oxygen atoms in total. The van der Waals surface area contributed by atoms with Crippen molar-refractivity contribution in [3.05, 3.63) is 34.3 Å². The van der Waals surface area contributed by atoms with Crippen molar-refractivity contribution in [3.8, 4) is 0 Å². The summed E-state index contributed by atoms with van der Waals surface area (Å²) in [5.74, 6) is 0. The average molecular weight is 252 g/mol. The van der Waals surface area contributed by atoms with Crippen LogP contribution in [0.15, 0.2) is 18.2 Å². The summed E-state index contributed by atoms with van der Waals surface area (Å²) in [6.07, 6.45) is -5.12. The molecule has 90 valence electrons. The van der Waals surface area contributed by atoms with Crippen molar-refractivity contribution in [2.24, 2.45) is 5.73 Å². The van der Waals surface area contributed by atoms with Crippen LogP contribution in [0, 0.1) is 6.92 Å². The lowest BCUT2D eigenvalue weighted by molar-refractivity contribution is -0.136. The number of halogens is 4. The molecule has 0 saturated heterocycles. The SMILES string of the molecule is Cc1cc(Cl)ccc1C(N)CCC(F)(F)F. The van der Waals surface area contributed by atoms with Gasteiger partial charge in [-0.1, -0.05) is 17.7 Å². The molecular weight excluding hydrogens is 239 g/mol. The molecule has 0 amide bonds. The molecule has 0 aliphatic heterocycles. The van der Waals surface area contributed by atoms with Gasteiger partial charge in [0, 0.05) is 17.5 Å². The first-order chi connectivity index (χ1) is 7.29. The van der Waals surface area contributed by atoms with E-state index in [0.29, 0.717) is 10.6 Å². The lowest BCUT2D eigenvalue weighted by Gasteiger charge is -2.16. The normalized spacial score (nSPS) is 13.9. The van der Waals surface area contributed by atoms with Crippen molar-refractivity contribution in [2.75, 3.05) is 0 Å². The third-order valence-corrected chi connectivity index (χ3v) is 2.61. The summed E-state index contributed by atoms with van der Waals surface area (Å²) in [5, 5.41) is 0.560. The number of benzene rings is 1. The van der Waals surface area contributed by atoms with Gasteiger partial charge in [-0.2, -0.15) is 13.2 Å². The first-order valence-electron chi connectivity index (χ1n) is 4.88. The van der Waals surface area contributed by atoms with E-state index in [2.05, 4.69) is 0 Å². The van der Waals surface area contributed by atoms with Gasteiger partial charge >= 0.3 is 6.18 Å². The first kappa shape index (κ1) is 13.3. The van der Waals surface area contributed by atoms with E-state index in [1.54, 1.807) is 25.1 Å². The molecule has 1 aromatic rings. The Morgan fingerprint density at radius 1 is 1.38 bits per heavy atom. The highest BCUT2D eigenvalue weighted by atomic mass is 35.5. The molecule has 0 bridgehead atoms. The Labute approximate surface area is 97.4 Å². The second-order valence-electron chi connectivity index (χ2n) is 3.76. The minimum atomic E-state index is -4.15. The highest BCUT2D eigenvalue weighted by Gasteiger charge is 2.28. The van der Waals surface area contributed by atoms with Gasteiger partial charge in [0.1, 0.15) is 0 Å². The summed E-state index contributed by atoms with van der Waals surface area (Å²) >= 11 is 5.75. The highest BCUT2D eigenvalue weighted by molar-refractivity contribution is 6.30. The molecule has 0 heterocycles. The van der Waals surface area contributed by atoms with Crippen LogP contribution in [0.4, 0.5) is 13.2 Å². The van der Waals surface area contributed by atoms with E-state index >= 15 is 0 Å². The van der Waals surface area contributed by atoms with Gasteiger partial charge in [-0.05, 0) is 36.6 Å². The number of alkyl halides is 3. The van der Waals surface area contributed by atoms with Gasteiger partial charge in [-0.25, -0.2) is 0 Å². The zero-order valence-corrected chi connectivity index (χ0v) is 9.57. The smallest absolute Gasteiger partial charge is 0.324 e. The molecule has 1 rings (SSSR count). The Morgan fingerprint density at radius 3 is 2.50 bits per heavy atom. The second-order valence-corrected chi connectivity index (χ2v) is 4.20. The fraction of sp³-hybridized carbons (Fsp3) is 0.455. The molecule has 2 N–H and O–H groups in total. The van der Waals surface area contributed by atoms with Gasteiger partial charge in [0.25, 0.3) is 0 Å². The van der Waals surface area contributed by atoms with Crippen molar-refractivity contribution >= 4 is 11.6 Å². The van der Waals surface area contributed by atoms with E-state index < -0.39 is 18.6 Å². The fourth-order valence-corrected chi connectivity index (χ4v) is 1.76. The maximum absolute atomic E-state index is 12.0. The summed E-state index contributed by atoms with van der Waals surface area (Å²) in [6.45, 7) is 1.79. The van der Waals surface area contributed by atoms with Crippen LogP contribution in [0.2, 0.25) is 5.02 Å². The Balaban J connectivity index is 2.70. The second kappa shape index (κ2) is 5.06. The Bertz CT molecular complexity index is 363. The molecule has 0 aliphatic rings. The molecule has 5 heteroatoms. The fourth-order valence-electron chi connectivity index (χ4n) is 1.53. The average Bonchev–Trinajstić information content (AvgIpc) is 2.13. The van der Waals surface area contributed by atoms with Crippen molar-refractivity contribution in [1.29, 1.82) is 0 Å². The monoisotopic (exact) mass is 251 g/mol. The van der Waals surface area contributed by atoms with E-state index in [1.807, 2.05) is 0 Å². The number of aryl methyl sites for hydroxylation is 1. The molecule has 1 atom stereocenters. The minimum absolute atomic E-state index is 0.105. The lowest BCUT2D eigenvalue weighted by atomic mass is 9.98. The van der Waals surface area contributed by atoms with E-state index in [-0.39, 0.29) is 6.42 Å². The van der Waals surface area contributed by atoms with E-state index in [1.165, 1.54) is 0 Å². The van der Waals surface area contributed by atoms with E-state index in [0.717, 1.165) is 5.56 Å². The maximum Gasteiger partial charge on any atom is 0.389 e. The predicted molar refractivity (Wildman–Crippen MR) is 58.4 cm³/mol. The summed E-state index contributed by atoms with van der Waals surface area (Å²) in [7, 11) is 0. The molecule has 0 fully saturated rings. The van der Waals surface area contributed by atoms with E-state index in [4.69, 9.17) is 17.3 Å². The molecule has 1 aromatic carbocycles. The Morgan fingerprint density at radius 2 is 2.00 bits per heavy atom. The summed E-state index contributed by atoms with van der Waals surface area (Å²) in [4.78, 5) is 0. The van der Waals surface area contributed by atoms with Crippen LogP contribution in [0.25, 0.3) is 0 Å². The number of nitrogens with two attached hydrogens (primary N) is 1. The number of hydrogen-bond donors (Lipinski definition) is 1. The zero-order chi connectivity index (χ0) is 12.3. The van der Waals surface area contributed by atoms with Crippen LogP contribution in [0.1, 0.15) is 30.0 Å². The third kappa shape index (κ3) is 4.02. The third-order valence-electron chi connectivity index (χ3n) is 2.37. The topological polar surface area (TPSA) is 26.0 Å². The number of rotatable bonds is 3. The molecule has 0 spiro atoms. The summed E-state index contributed by atoms with van der Waals surface area (Å²) in [5.41, 5.74) is 7.25. The Hall–Kier alpha value is -0.740. The summed E-state index contributed by atoms with van der Waals surface area (Å²) < 4.78 is 36.1. The van der Waals surface area contributed by atoms with Crippen molar-refractivity contribution in [3.63, 3.8) is 0 Å². The summed E-state index contributed by atoms with van der Waals surface area (Å²) in [6, 6.07) is 4.42. The predicted octanol–water partition coefficient (Wildman–Crippen LogP) is 3.99. The highest BCUT2D eigenvalue weighted by Crippen LogP contribution is 2.28. The van der Waals surface area contributed by atoms with Crippen molar-refractivity contribution < 1.29 is 13.2 Å². The zero-order valence-electron chi connectivity index (χ0n) is 8.81. The van der Waals surface area contributed by atoms with Gasteiger partial charge < -0.3 is 5.73 Å². The quantitative estimate of drug-likeness (QED) is 0.864. The molecule has 1 unspecified atom stereocenters. The largest absolute Gasteiger partial charge is 0.389 e. The Kier molecular flexibility index (Phi) is 4.21. The molecule has 0 saturated carbocycles. The van der Waals surface area contributed by atoms with Crippen LogP contribution < -0.4 is 5.73 Å². The van der Waals surface area contributed by atoms with Crippen molar-refractivity contribution in [1.82, 2.24) is 0 Å². The number of hydrogen-bond acceptors (Lipinski definition) is 1. The molecule has 0 aliphatic carbocycles. The van der Waals surface area contributed by atoms with Crippen molar-refractivity contribution in [2.45, 2.75) is 32.0 Å². The van der Waals surface area contributed by atoms with Crippen LogP contribution >= 0.6 is 11.6 Å². The molecule has 0 aromatic heterocycles. The first-order valence-corrected chi connectivity index (χ1v) is 5.26. The van der Waals surface area contributed by atoms with Crippen LogP contribution in [-0.2, 0) is 0 Å². The van der Waals surface area contributed by atoms with Gasteiger partial charge in [-0.15, -0.1) is 0 Å². The van der Waals surface area contributed by atoms with Gasteiger partial charge in [0.2, 0.25) is 0 Å². The van der Waals surface area contributed by atoms with Crippen LogP contribution in [0.5, 0.6) is 0 Å². The maximum atomic E-state index is 12.0. The van der Waals surface area contributed by atoms with Gasteiger partial charge in [-0.3, -0.25) is 0 Å². The molecule has 0 radical (unpaired) electrons.